The number of pyridine rings is 1. The van der Waals surface area contributed by atoms with Gasteiger partial charge in [0, 0.05) is 17.5 Å². The zero-order chi connectivity index (χ0) is 16.1. The lowest BCUT2D eigenvalue weighted by atomic mass is 10.2. The molecule has 0 aliphatic rings. The predicted molar refractivity (Wildman–Crippen MR) is 86.2 cm³/mol. The van der Waals surface area contributed by atoms with Gasteiger partial charge in [-0.15, -0.1) is 11.3 Å². The lowest BCUT2D eigenvalue weighted by Gasteiger charge is -2.11. The first-order valence-electron chi connectivity index (χ1n) is 6.82. The zero-order valence-corrected chi connectivity index (χ0v) is 12.8. The minimum atomic E-state index is -0.495. The van der Waals surface area contributed by atoms with Crippen molar-refractivity contribution in [3.63, 3.8) is 0 Å². The summed E-state index contributed by atoms with van der Waals surface area (Å²) in [6, 6.07) is 11.7. The number of thiazole rings is 1. The highest BCUT2D eigenvalue weighted by Crippen LogP contribution is 2.25. The fraction of sp³-hybridized carbons (Fsp3) is 0.0625. The third-order valence-corrected chi connectivity index (χ3v) is 3.69. The Balaban J connectivity index is 1.75. The summed E-state index contributed by atoms with van der Waals surface area (Å²) in [5.74, 6) is 0.0209. The first-order valence-corrected chi connectivity index (χ1v) is 7.77. The summed E-state index contributed by atoms with van der Waals surface area (Å²) in [4.78, 5) is 16.4. The molecule has 2 aromatic heterocycles. The average Bonchev–Trinajstić information content (AvgIpc) is 3.08. The zero-order valence-electron chi connectivity index (χ0n) is 12.0. The van der Waals surface area contributed by atoms with E-state index in [4.69, 9.17) is 4.74 Å². The maximum absolute atomic E-state index is 12.2. The highest BCUT2D eigenvalue weighted by molar-refractivity contribution is 7.07. The van der Waals surface area contributed by atoms with Gasteiger partial charge in [-0.05, 0) is 18.2 Å². The van der Waals surface area contributed by atoms with Gasteiger partial charge in [0.1, 0.15) is 12.4 Å². The summed E-state index contributed by atoms with van der Waals surface area (Å²) in [5, 5.41) is 16.2. The van der Waals surface area contributed by atoms with Crippen LogP contribution in [0.15, 0.2) is 59.6 Å². The van der Waals surface area contributed by atoms with Crippen LogP contribution in [0.5, 0.6) is 5.75 Å². The summed E-state index contributed by atoms with van der Waals surface area (Å²) in [6.45, 7) is 0.309. The smallest absolute Gasteiger partial charge is 0.321 e. The molecule has 1 aromatic carbocycles. The molecular weight excluding hydrogens is 314 g/mol. The molecule has 0 atom stereocenters. The van der Waals surface area contributed by atoms with Crippen molar-refractivity contribution >= 4 is 22.9 Å². The van der Waals surface area contributed by atoms with Crippen molar-refractivity contribution in [1.29, 1.82) is 0 Å². The monoisotopic (exact) mass is 327 g/mol. The number of benzene rings is 1. The van der Waals surface area contributed by atoms with Gasteiger partial charge in [0.05, 0.1) is 16.9 Å². The van der Waals surface area contributed by atoms with Gasteiger partial charge >= 0.3 is 5.91 Å². The van der Waals surface area contributed by atoms with Crippen LogP contribution in [0.4, 0.5) is 5.69 Å². The second kappa shape index (κ2) is 6.89. The van der Waals surface area contributed by atoms with Crippen molar-refractivity contribution in [2.45, 2.75) is 6.61 Å². The minimum absolute atomic E-state index is 0.0156. The van der Waals surface area contributed by atoms with Crippen LogP contribution in [-0.4, -0.2) is 10.9 Å². The van der Waals surface area contributed by atoms with Crippen LogP contribution >= 0.6 is 11.3 Å². The molecule has 0 saturated carbocycles. The first-order chi connectivity index (χ1) is 11.2. The molecule has 1 amide bonds. The van der Waals surface area contributed by atoms with E-state index in [0.717, 1.165) is 5.69 Å². The van der Waals surface area contributed by atoms with Gasteiger partial charge in [-0.1, -0.05) is 12.1 Å². The first kappa shape index (κ1) is 15.0. The van der Waals surface area contributed by atoms with E-state index >= 15 is 0 Å². The van der Waals surface area contributed by atoms with Crippen molar-refractivity contribution in [3.8, 4) is 5.75 Å². The van der Waals surface area contributed by atoms with Gasteiger partial charge in [-0.3, -0.25) is 4.79 Å². The van der Waals surface area contributed by atoms with Crippen LogP contribution in [0.2, 0.25) is 0 Å². The molecular formula is C16H13N3O3S. The van der Waals surface area contributed by atoms with Crippen LogP contribution < -0.4 is 14.8 Å². The van der Waals surface area contributed by atoms with Crippen molar-refractivity contribution in [3.05, 3.63) is 76.1 Å². The number of hydrogen-bond acceptors (Lipinski definition) is 5. The van der Waals surface area contributed by atoms with E-state index < -0.39 is 5.91 Å². The molecule has 2 heterocycles. The number of anilines is 1. The Morgan fingerprint density at radius 3 is 2.87 bits per heavy atom. The minimum Gasteiger partial charge on any atom is -0.618 e. The Hall–Kier alpha value is -2.93. The fourth-order valence-electron chi connectivity index (χ4n) is 1.95. The standard InChI is InChI=1S/C16H13N3O3S/c20-16(14-6-3-4-8-19(14)21)18-13-5-1-2-7-15(13)22-9-12-10-23-11-17-12/h1-8,10-11H,9H2,(H,18,20). The van der Waals surface area contributed by atoms with Crippen LogP contribution in [-0.2, 0) is 6.61 Å². The van der Waals surface area contributed by atoms with E-state index in [9.17, 15) is 10.0 Å². The number of aromatic nitrogens is 2. The van der Waals surface area contributed by atoms with Gasteiger partial charge in [0.15, 0.2) is 6.20 Å². The molecule has 3 aromatic rings. The van der Waals surface area contributed by atoms with Gasteiger partial charge in [-0.2, -0.15) is 4.73 Å². The third-order valence-electron chi connectivity index (χ3n) is 3.05. The molecule has 0 fully saturated rings. The summed E-state index contributed by atoms with van der Waals surface area (Å²) in [6.07, 6.45) is 1.28. The normalized spacial score (nSPS) is 10.3. The number of hydrogen-bond donors (Lipinski definition) is 1. The molecule has 0 unspecified atom stereocenters. The molecule has 0 spiro atoms. The molecule has 0 saturated heterocycles. The van der Waals surface area contributed by atoms with E-state index in [1.54, 1.807) is 35.8 Å². The second-order valence-electron chi connectivity index (χ2n) is 4.63. The van der Waals surface area contributed by atoms with E-state index in [0.29, 0.717) is 22.8 Å². The number of ether oxygens (including phenoxy) is 1. The van der Waals surface area contributed by atoms with E-state index in [1.807, 2.05) is 11.4 Å². The molecule has 23 heavy (non-hydrogen) atoms. The van der Waals surface area contributed by atoms with E-state index in [2.05, 4.69) is 10.3 Å². The Morgan fingerprint density at radius 1 is 1.26 bits per heavy atom. The number of carbonyl (C=O) groups is 1. The number of nitrogens with zero attached hydrogens (tertiary/aromatic N) is 2. The highest BCUT2D eigenvalue weighted by atomic mass is 32.1. The lowest BCUT2D eigenvalue weighted by molar-refractivity contribution is -0.607. The van der Waals surface area contributed by atoms with E-state index in [-0.39, 0.29) is 5.69 Å². The van der Waals surface area contributed by atoms with E-state index in [1.165, 1.54) is 23.6 Å². The molecule has 7 heteroatoms. The molecule has 116 valence electrons. The summed E-state index contributed by atoms with van der Waals surface area (Å²) in [5.41, 5.74) is 3.06. The van der Waals surface area contributed by atoms with Crippen molar-refractivity contribution in [1.82, 2.24) is 4.98 Å². The largest absolute Gasteiger partial charge is 0.618 e. The van der Waals surface area contributed by atoms with Crippen LogP contribution in [0, 0.1) is 5.21 Å². The second-order valence-corrected chi connectivity index (χ2v) is 5.35. The Labute approximate surface area is 136 Å². The quantitative estimate of drug-likeness (QED) is 0.577. The van der Waals surface area contributed by atoms with Crippen LogP contribution in [0.1, 0.15) is 16.2 Å². The van der Waals surface area contributed by atoms with Crippen molar-refractivity contribution < 1.29 is 14.3 Å². The van der Waals surface area contributed by atoms with Crippen LogP contribution in [0.3, 0.4) is 0 Å². The van der Waals surface area contributed by atoms with Crippen molar-refractivity contribution in [2.24, 2.45) is 0 Å². The summed E-state index contributed by atoms with van der Waals surface area (Å²) >= 11 is 1.49. The molecule has 0 bridgehead atoms. The van der Waals surface area contributed by atoms with Gasteiger partial charge in [0.2, 0.25) is 0 Å². The number of para-hydroxylation sites is 2. The van der Waals surface area contributed by atoms with Gasteiger partial charge in [0.25, 0.3) is 5.69 Å². The molecule has 1 N–H and O–H groups in total. The molecule has 0 aliphatic heterocycles. The number of amides is 1. The predicted octanol–water partition coefficient (Wildman–Crippen LogP) is 2.61. The topological polar surface area (TPSA) is 78.2 Å². The fourth-order valence-corrected chi connectivity index (χ4v) is 2.49. The Morgan fingerprint density at radius 2 is 2.09 bits per heavy atom. The maximum atomic E-state index is 12.2. The molecule has 0 aliphatic carbocycles. The highest BCUT2D eigenvalue weighted by Gasteiger charge is 2.16. The SMILES string of the molecule is O=C(Nc1ccccc1OCc1cscn1)c1cccc[n+]1[O-]. The molecule has 0 radical (unpaired) electrons. The molecule has 3 rings (SSSR count). The third kappa shape index (κ3) is 3.64. The Kier molecular flexibility index (Phi) is 4.49. The van der Waals surface area contributed by atoms with Gasteiger partial charge < -0.3 is 15.3 Å². The maximum Gasteiger partial charge on any atom is 0.321 e. The average molecular weight is 327 g/mol. The lowest BCUT2D eigenvalue weighted by Crippen LogP contribution is -2.36. The number of carbonyl (C=O) groups excluding carboxylic acids is 1. The Bertz CT molecular complexity index is 806. The molecule has 6 nitrogen and oxygen atoms in total. The van der Waals surface area contributed by atoms with Crippen molar-refractivity contribution in [2.75, 3.05) is 5.32 Å². The van der Waals surface area contributed by atoms with Gasteiger partial charge in [-0.25, -0.2) is 4.98 Å². The number of nitrogens with one attached hydrogen (secondary N) is 1. The number of rotatable bonds is 5. The summed E-state index contributed by atoms with van der Waals surface area (Å²) in [7, 11) is 0. The summed E-state index contributed by atoms with van der Waals surface area (Å²) < 4.78 is 6.21. The van der Waals surface area contributed by atoms with Crippen LogP contribution in [0.25, 0.3) is 0 Å².